The molecule has 0 bridgehead atoms. The van der Waals surface area contributed by atoms with Gasteiger partial charge in [-0.2, -0.15) is 0 Å². The monoisotopic (exact) mass is 278 g/mol. The van der Waals surface area contributed by atoms with E-state index in [2.05, 4.69) is 58.6 Å². The van der Waals surface area contributed by atoms with Crippen LogP contribution in [0.5, 0.6) is 0 Å². The summed E-state index contributed by atoms with van der Waals surface area (Å²) in [7, 11) is 0. The lowest BCUT2D eigenvalue weighted by molar-refractivity contribution is 0.541. The Labute approximate surface area is 123 Å². The Kier molecular flexibility index (Phi) is 2.79. The molecule has 1 aliphatic rings. The normalized spacial score (nSPS) is 17.9. The quantitative estimate of drug-likeness (QED) is 0.719. The minimum atomic E-state index is 0.358. The van der Waals surface area contributed by atoms with E-state index >= 15 is 0 Å². The van der Waals surface area contributed by atoms with Crippen LogP contribution in [0.1, 0.15) is 29.8 Å². The van der Waals surface area contributed by atoms with Crippen molar-refractivity contribution in [1.82, 2.24) is 20.5 Å². The van der Waals surface area contributed by atoms with Gasteiger partial charge in [-0.1, -0.05) is 24.3 Å². The molecule has 0 spiro atoms. The van der Waals surface area contributed by atoms with Gasteiger partial charge in [0, 0.05) is 35.7 Å². The van der Waals surface area contributed by atoms with Crippen molar-refractivity contribution in [3.63, 3.8) is 0 Å². The zero-order valence-corrected chi connectivity index (χ0v) is 12.3. The molecule has 3 heterocycles. The molecule has 4 nitrogen and oxygen atoms in total. The van der Waals surface area contributed by atoms with Gasteiger partial charge >= 0.3 is 0 Å². The molecule has 0 radical (unpaired) electrons. The minimum absolute atomic E-state index is 0.358. The molecule has 4 heteroatoms. The number of rotatable bonds is 1. The van der Waals surface area contributed by atoms with Crippen LogP contribution in [-0.2, 0) is 6.42 Å². The van der Waals surface area contributed by atoms with Crippen molar-refractivity contribution in [2.24, 2.45) is 0 Å². The number of aromatic nitrogens is 3. The topological polar surface area (TPSA) is 53.6 Å². The van der Waals surface area contributed by atoms with Gasteiger partial charge in [0.15, 0.2) is 5.65 Å². The highest BCUT2D eigenvalue weighted by atomic mass is 15.1. The first-order valence-electron chi connectivity index (χ1n) is 7.41. The summed E-state index contributed by atoms with van der Waals surface area (Å²) in [5.41, 5.74) is 6.86. The van der Waals surface area contributed by atoms with E-state index < -0.39 is 0 Å². The third-order valence-corrected chi connectivity index (χ3v) is 4.36. The lowest BCUT2D eigenvalue weighted by Crippen LogP contribution is -2.27. The maximum absolute atomic E-state index is 4.40. The van der Waals surface area contributed by atoms with Crippen LogP contribution < -0.4 is 5.32 Å². The Morgan fingerprint density at radius 3 is 2.90 bits per heavy atom. The average molecular weight is 278 g/mol. The van der Waals surface area contributed by atoms with Gasteiger partial charge in [0.25, 0.3) is 0 Å². The smallest absolute Gasteiger partial charge is 0.160 e. The van der Waals surface area contributed by atoms with Crippen LogP contribution in [0.4, 0.5) is 0 Å². The lowest BCUT2D eigenvalue weighted by Gasteiger charge is -2.20. The summed E-state index contributed by atoms with van der Waals surface area (Å²) in [5.74, 6) is 0. The summed E-state index contributed by atoms with van der Waals surface area (Å²) in [6.07, 6.45) is 1.02. The second-order valence-corrected chi connectivity index (χ2v) is 5.75. The Morgan fingerprint density at radius 1 is 1.19 bits per heavy atom. The molecule has 0 saturated heterocycles. The predicted octanol–water partition coefficient (Wildman–Crippen LogP) is 3.14. The van der Waals surface area contributed by atoms with Crippen molar-refractivity contribution in [2.45, 2.75) is 26.3 Å². The predicted molar refractivity (Wildman–Crippen MR) is 84.2 cm³/mol. The Bertz CT molecular complexity index is 819. The molecule has 1 aliphatic heterocycles. The van der Waals surface area contributed by atoms with Crippen molar-refractivity contribution in [1.29, 1.82) is 0 Å². The SMILES string of the molecule is Cc1ccccc1-c1cc2c3c([nH]c2nn1)CCNC3C. The molecule has 1 aromatic carbocycles. The largest absolute Gasteiger partial charge is 0.341 e. The minimum Gasteiger partial charge on any atom is -0.341 e. The number of hydrogen-bond donors (Lipinski definition) is 2. The third-order valence-electron chi connectivity index (χ3n) is 4.36. The first-order chi connectivity index (χ1) is 10.2. The van der Waals surface area contributed by atoms with Crippen molar-refractivity contribution in [3.8, 4) is 11.3 Å². The van der Waals surface area contributed by atoms with E-state index in [9.17, 15) is 0 Å². The van der Waals surface area contributed by atoms with Gasteiger partial charge in [0.2, 0.25) is 0 Å². The molecule has 2 N–H and O–H groups in total. The number of nitrogens with one attached hydrogen (secondary N) is 2. The molecule has 4 rings (SSSR count). The standard InChI is InChI=1S/C17H18N4/c1-10-5-3-4-6-12(10)15-9-13-16-11(2)18-8-7-14(16)19-17(13)21-20-15/h3-6,9,11,18H,7-8H2,1-2H3,(H,19,21). The summed E-state index contributed by atoms with van der Waals surface area (Å²) < 4.78 is 0. The van der Waals surface area contributed by atoms with E-state index in [0.29, 0.717) is 6.04 Å². The summed E-state index contributed by atoms with van der Waals surface area (Å²) in [6.45, 7) is 5.33. The molecule has 21 heavy (non-hydrogen) atoms. The molecule has 1 atom stereocenters. The maximum Gasteiger partial charge on any atom is 0.160 e. The van der Waals surface area contributed by atoms with E-state index in [-0.39, 0.29) is 0 Å². The zero-order chi connectivity index (χ0) is 14.4. The van der Waals surface area contributed by atoms with E-state index in [1.165, 1.54) is 22.2 Å². The fourth-order valence-electron chi connectivity index (χ4n) is 3.26. The number of aromatic amines is 1. The molecule has 0 amide bonds. The number of fused-ring (bicyclic) bond motifs is 3. The van der Waals surface area contributed by atoms with Crippen LogP contribution in [0.3, 0.4) is 0 Å². The highest BCUT2D eigenvalue weighted by molar-refractivity contribution is 5.85. The zero-order valence-electron chi connectivity index (χ0n) is 12.3. The highest BCUT2D eigenvalue weighted by Crippen LogP contribution is 2.32. The Hall–Kier alpha value is -2.20. The van der Waals surface area contributed by atoms with Crippen LogP contribution in [0, 0.1) is 6.92 Å². The van der Waals surface area contributed by atoms with Crippen molar-refractivity contribution < 1.29 is 0 Å². The number of H-pyrrole nitrogens is 1. The Balaban J connectivity index is 1.94. The molecule has 0 fully saturated rings. The van der Waals surface area contributed by atoms with Crippen LogP contribution in [0.15, 0.2) is 30.3 Å². The Morgan fingerprint density at radius 2 is 2.05 bits per heavy atom. The second-order valence-electron chi connectivity index (χ2n) is 5.75. The summed E-state index contributed by atoms with van der Waals surface area (Å²) in [6, 6.07) is 10.8. The molecule has 2 aromatic heterocycles. The number of aryl methyl sites for hydroxylation is 1. The van der Waals surface area contributed by atoms with E-state index in [4.69, 9.17) is 0 Å². The van der Waals surface area contributed by atoms with Gasteiger partial charge < -0.3 is 10.3 Å². The van der Waals surface area contributed by atoms with Crippen LogP contribution >= 0.6 is 0 Å². The summed E-state index contributed by atoms with van der Waals surface area (Å²) in [4.78, 5) is 3.43. The van der Waals surface area contributed by atoms with Gasteiger partial charge in [0.1, 0.15) is 0 Å². The fraction of sp³-hybridized carbons (Fsp3) is 0.294. The first kappa shape index (κ1) is 12.5. The summed E-state index contributed by atoms with van der Waals surface area (Å²) >= 11 is 0. The molecule has 106 valence electrons. The molecule has 3 aromatic rings. The van der Waals surface area contributed by atoms with Crippen LogP contribution in [0.2, 0.25) is 0 Å². The van der Waals surface area contributed by atoms with Crippen LogP contribution in [0.25, 0.3) is 22.3 Å². The van der Waals surface area contributed by atoms with Crippen molar-refractivity contribution >= 4 is 11.0 Å². The van der Waals surface area contributed by atoms with Gasteiger partial charge in [0.05, 0.1) is 5.69 Å². The van der Waals surface area contributed by atoms with Gasteiger partial charge in [-0.05, 0) is 31.0 Å². The fourth-order valence-corrected chi connectivity index (χ4v) is 3.26. The van der Waals surface area contributed by atoms with Crippen molar-refractivity contribution in [2.75, 3.05) is 6.54 Å². The van der Waals surface area contributed by atoms with E-state index in [0.717, 1.165) is 29.9 Å². The third kappa shape index (κ3) is 1.94. The van der Waals surface area contributed by atoms with Crippen LogP contribution in [-0.4, -0.2) is 21.7 Å². The molecular weight excluding hydrogens is 260 g/mol. The van der Waals surface area contributed by atoms with E-state index in [1.54, 1.807) is 0 Å². The van der Waals surface area contributed by atoms with Crippen molar-refractivity contribution in [3.05, 3.63) is 47.2 Å². The maximum atomic E-state index is 4.40. The number of nitrogens with zero attached hydrogens (tertiary/aromatic N) is 2. The van der Waals surface area contributed by atoms with Gasteiger partial charge in [-0.15, -0.1) is 10.2 Å². The van der Waals surface area contributed by atoms with Gasteiger partial charge in [-0.25, -0.2) is 0 Å². The molecule has 0 saturated carbocycles. The number of benzene rings is 1. The van der Waals surface area contributed by atoms with E-state index in [1.807, 2.05) is 6.07 Å². The average Bonchev–Trinajstić information content (AvgIpc) is 2.86. The highest BCUT2D eigenvalue weighted by Gasteiger charge is 2.22. The lowest BCUT2D eigenvalue weighted by atomic mass is 9.98. The number of hydrogen-bond acceptors (Lipinski definition) is 3. The summed E-state index contributed by atoms with van der Waals surface area (Å²) in [5, 5.41) is 13.5. The second kappa shape index (κ2) is 4.67. The molecular formula is C17H18N4. The van der Waals surface area contributed by atoms with Gasteiger partial charge in [-0.3, -0.25) is 0 Å². The first-order valence-corrected chi connectivity index (χ1v) is 7.41. The molecule has 0 aliphatic carbocycles. The molecule has 1 unspecified atom stereocenters.